The van der Waals surface area contributed by atoms with Crippen molar-refractivity contribution in [1.29, 1.82) is 0 Å². The van der Waals surface area contributed by atoms with E-state index >= 15 is 0 Å². The second kappa shape index (κ2) is 6.01. The second-order valence-corrected chi connectivity index (χ2v) is 6.02. The molecule has 0 spiro atoms. The van der Waals surface area contributed by atoms with Gasteiger partial charge >= 0.3 is 6.03 Å². The van der Waals surface area contributed by atoms with Crippen LogP contribution in [0.3, 0.4) is 0 Å². The van der Waals surface area contributed by atoms with Crippen molar-refractivity contribution in [2.75, 3.05) is 19.3 Å². The zero-order chi connectivity index (χ0) is 14.9. The predicted octanol–water partition coefficient (Wildman–Crippen LogP) is 0.0583. The molecule has 3 amide bonds. The molecular formula is C12H20N4O3S. The second-order valence-electron chi connectivity index (χ2n) is 5.03. The maximum atomic E-state index is 12.1. The number of urea groups is 1. The lowest BCUT2D eigenvalue weighted by Gasteiger charge is -2.36. The van der Waals surface area contributed by atoms with Gasteiger partial charge in [0.25, 0.3) is 5.91 Å². The van der Waals surface area contributed by atoms with E-state index in [4.69, 9.17) is 0 Å². The summed E-state index contributed by atoms with van der Waals surface area (Å²) in [6.45, 7) is 4.43. The average Bonchev–Trinajstić information content (AvgIpc) is 2.74. The monoisotopic (exact) mass is 300 g/mol. The van der Waals surface area contributed by atoms with Gasteiger partial charge in [-0.05, 0) is 13.3 Å². The SMILES string of the molecule is CCCN1C(SCC(C)O)=NC2C1C(=O)NC(=O)N2C. The largest absolute Gasteiger partial charge is 0.393 e. The van der Waals surface area contributed by atoms with Crippen molar-refractivity contribution in [2.24, 2.45) is 4.99 Å². The number of likely N-dealkylation sites (N-methyl/N-ethyl adjacent to an activating group) is 1. The minimum absolute atomic E-state index is 0.303. The number of hydrogen-bond donors (Lipinski definition) is 2. The number of thioether (sulfide) groups is 1. The van der Waals surface area contributed by atoms with Crippen LogP contribution in [-0.2, 0) is 4.79 Å². The molecule has 3 atom stereocenters. The lowest BCUT2D eigenvalue weighted by molar-refractivity contribution is -0.127. The maximum absolute atomic E-state index is 12.1. The molecule has 0 aromatic rings. The summed E-state index contributed by atoms with van der Waals surface area (Å²) in [5.41, 5.74) is 0. The van der Waals surface area contributed by atoms with Crippen LogP contribution in [0.4, 0.5) is 4.79 Å². The first kappa shape index (κ1) is 15.1. The molecule has 0 aliphatic carbocycles. The Hall–Kier alpha value is -1.28. The van der Waals surface area contributed by atoms with Gasteiger partial charge in [-0.15, -0.1) is 0 Å². The number of amidine groups is 1. The third kappa shape index (κ3) is 2.76. The molecule has 0 aromatic heterocycles. The lowest BCUT2D eigenvalue weighted by Crippen LogP contribution is -2.63. The average molecular weight is 300 g/mol. The molecule has 0 aromatic carbocycles. The molecule has 3 unspecified atom stereocenters. The first-order chi connectivity index (χ1) is 9.45. The van der Waals surface area contributed by atoms with Crippen LogP contribution < -0.4 is 5.32 Å². The lowest BCUT2D eigenvalue weighted by atomic mass is 10.1. The number of fused-ring (bicyclic) bond motifs is 1. The molecule has 1 fully saturated rings. The molecule has 1 saturated heterocycles. The van der Waals surface area contributed by atoms with Gasteiger partial charge in [0.15, 0.2) is 17.4 Å². The molecule has 2 aliphatic heterocycles. The summed E-state index contributed by atoms with van der Waals surface area (Å²) < 4.78 is 0. The number of rotatable bonds is 4. The summed E-state index contributed by atoms with van der Waals surface area (Å²) in [5.74, 6) is 0.209. The number of imide groups is 1. The van der Waals surface area contributed by atoms with Crippen molar-refractivity contribution >= 4 is 28.9 Å². The number of nitrogens with one attached hydrogen (secondary N) is 1. The van der Waals surface area contributed by atoms with Crippen molar-refractivity contribution in [3.63, 3.8) is 0 Å². The van der Waals surface area contributed by atoms with E-state index in [-0.39, 0.29) is 5.91 Å². The number of aliphatic imine (C=N–C) groups is 1. The Balaban J connectivity index is 2.21. The Labute approximate surface area is 122 Å². The zero-order valence-corrected chi connectivity index (χ0v) is 12.7. The van der Waals surface area contributed by atoms with Crippen molar-refractivity contribution in [2.45, 2.75) is 38.6 Å². The van der Waals surface area contributed by atoms with Crippen molar-refractivity contribution in [3.05, 3.63) is 0 Å². The van der Waals surface area contributed by atoms with E-state index in [9.17, 15) is 14.7 Å². The zero-order valence-electron chi connectivity index (χ0n) is 11.9. The van der Waals surface area contributed by atoms with Crippen molar-refractivity contribution < 1.29 is 14.7 Å². The van der Waals surface area contributed by atoms with Gasteiger partial charge in [0, 0.05) is 19.3 Å². The molecule has 8 heteroatoms. The molecule has 0 saturated carbocycles. The van der Waals surface area contributed by atoms with Gasteiger partial charge in [0.2, 0.25) is 0 Å². The molecule has 112 valence electrons. The molecular weight excluding hydrogens is 280 g/mol. The van der Waals surface area contributed by atoms with E-state index in [1.54, 1.807) is 14.0 Å². The Bertz CT molecular complexity index is 440. The number of nitrogens with zero attached hydrogens (tertiary/aromatic N) is 3. The highest BCUT2D eigenvalue weighted by molar-refractivity contribution is 8.13. The van der Waals surface area contributed by atoms with Gasteiger partial charge in [-0.2, -0.15) is 0 Å². The number of carbonyl (C=O) groups is 2. The smallest absolute Gasteiger partial charge is 0.325 e. The number of amides is 3. The molecule has 7 nitrogen and oxygen atoms in total. The predicted molar refractivity (Wildman–Crippen MR) is 77.4 cm³/mol. The van der Waals surface area contributed by atoms with E-state index in [1.807, 2.05) is 11.8 Å². The minimum atomic E-state index is -0.473. The fourth-order valence-electron chi connectivity index (χ4n) is 2.29. The topological polar surface area (TPSA) is 85.2 Å². The van der Waals surface area contributed by atoms with Crippen molar-refractivity contribution in [3.8, 4) is 0 Å². The fourth-order valence-corrected chi connectivity index (χ4v) is 3.24. The van der Waals surface area contributed by atoms with E-state index in [2.05, 4.69) is 10.3 Å². The molecule has 2 N–H and O–H groups in total. The fraction of sp³-hybridized carbons (Fsp3) is 0.750. The number of aliphatic hydroxyl groups excluding tert-OH is 1. The Morgan fingerprint density at radius 2 is 2.20 bits per heavy atom. The molecule has 0 radical (unpaired) electrons. The summed E-state index contributed by atoms with van der Waals surface area (Å²) >= 11 is 1.42. The van der Waals surface area contributed by atoms with Crippen LogP contribution in [0.25, 0.3) is 0 Å². The van der Waals surface area contributed by atoms with Crippen molar-refractivity contribution in [1.82, 2.24) is 15.1 Å². The summed E-state index contributed by atoms with van der Waals surface area (Å²) in [7, 11) is 1.63. The van der Waals surface area contributed by atoms with E-state index in [0.717, 1.165) is 11.6 Å². The van der Waals surface area contributed by atoms with E-state index < -0.39 is 24.3 Å². The van der Waals surface area contributed by atoms with E-state index in [1.165, 1.54) is 16.7 Å². The van der Waals surface area contributed by atoms with E-state index in [0.29, 0.717) is 12.3 Å². The number of carbonyl (C=O) groups excluding carboxylic acids is 2. The van der Waals surface area contributed by atoms with Crippen LogP contribution in [0.2, 0.25) is 0 Å². The van der Waals surface area contributed by atoms with Crippen LogP contribution in [0.5, 0.6) is 0 Å². The Morgan fingerprint density at radius 1 is 1.50 bits per heavy atom. The summed E-state index contributed by atoms with van der Waals surface area (Å²) in [5, 5.41) is 12.5. The van der Waals surface area contributed by atoms with Crippen LogP contribution in [0.1, 0.15) is 20.3 Å². The molecule has 2 heterocycles. The quantitative estimate of drug-likeness (QED) is 0.767. The van der Waals surface area contributed by atoms with Crippen LogP contribution in [0.15, 0.2) is 4.99 Å². The van der Waals surface area contributed by atoms with Gasteiger partial charge in [0.05, 0.1) is 6.10 Å². The van der Waals surface area contributed by atoms with Gasteiger partial charge < -0.3 is 14.9 Å². The molecule has 2 aliphatic rings. The number of hydrogen-bond acceptors (Lipinski definition) is 6. The van der Waals surface area contributed by atoms with Gasteiger partial charge in [-0.1, -0.05) is 18.7 Å². The number of aliphatic hydroxyl groups is 1. The van der Waals surface area contributed by atoms with Gasteiger partial charge in [-0.3, -0.25) is 10.1 Å². The highest BCUT2D eigenvalue weighted by atomic mass is 32.2. The summed E-state index contributed by atoms with van der Waals surface area (Å²) in [6, 6.07) is -0.882. The molecule has 20 heavy (non-hydrogen) atoms. The minimum Gasteiger partial charge on any atom is -0.393 e. The first-order valence-electron chi connectivity index (χ1n) is 6.68. The molecule has 0 bridgehead atoms. The highest BCUT2D eigenvalue weighted by Crippen LogP contribution is 2.28. The summed E-state index contributed by atoms with van der Waals surface area (Å²) in [6.07, 6.45) is -0.0381. The van der Waals surface area contributed by atoms with Gasteiger partial charge in [0.1, 0.15) is 0 Å². The maximum Gasteiger partial charge on any atom is 0.325 e. The third-order valence-corrected chi connectivity index (χ3v) is 4.49. The standard InChI is InChI=1S/C12H20N4O3S/c1-4-5-16-8-9(13-12(16)20-6-7(2)17)15(3)11(19)14-10(8)18/h7-9,17H,4-6H2,1-3H3,(H,14,18,19). The summed E-state index contributed by atoms with van der Waals surface area (Å²) in [4.78, 5) is 31.6. The van der Waals surface area contributed by atoms with Gasteiger partial charge in [-0.25, -0.2) is 9.79 Å². The first-order valence-corrected chi connectivity index (χ1v) is 7.67. The van der Waals surface area contributed by atoms with Crippen LogP contribution in [-0.4, -0.2) is 69.7 Å². The Morgan fingerprint density at radius 3 is 2.80 bits per heavy atom. The highest BCUT2D eigenvalue weighted by Gasteiger charge is 2.48. The normalized spacial score (nSPS) is 27.3. The third-order valence-electron chi connectivity index (χ3n) is 3.24. The van der Waals surface area contributed by atoms with Crippen LogP contribution >= 0.6 is 11.8 Å². The Kier molecular flexibility index (Phi) is 4.54. The van der Waals surface area contributed by atoms with Crippen LogP contribution in [0, 0.1) is 0 Å². The molecule has 2 rings (SSSR count).